The van der Waals surface area contributed by atoms with E-state index < -0.39 is 34.5 Å². The van der Waals surface area contributed by atoms with Crippen LogP contribution in [0, 0.1) is 5.82 Å². The zero-order valence-corrected chi connectivity index (χ0v) is 25.2. The highest BCUT2D eigenvalue weighted by Gasteiger charge is 2.35. The van der Waals surface area contributed by atoms with E-state index in [-0.39, 0.29) is 30.6 Å². The summed E-state index contributed by atoms with van der Waals surface area (Å²) in [4.78, 5) is 29.3. The Morgan fingerprint density at radius 2 is 1.59 bits per heavy atom. The summed E-state index contributed by atoms with van der Waals surface area (Å²) in [5.41, 5.74) is 1.61. The zero-order chi connectivity index (χ0) is 30.2. The molecule has 0 radical (unpaired) electrons. The molecule has 0 heterocycles. The largest absolute Gasteiger partial charge is 0.352 e. The molecule has 0 aliphatic heterocycles. The van der Waals surface area contributed by atoms with E-state index in [9.17, 15) is 22.4 Å². The average Bonchev–Trinajstić information content (AvgIpc) is 2.94. The number of carbonyl (C=O) groups is 2. The fraction of sp³-hybridized carbons (Fsp3) is 0.333. The highest BCUT2D eigenvalue weighted by Crippen LogP contribution is 2.23. The molecule has 0 saturated carbocycles. The van der Waals surface area contributed by atoms with Gasteiger partial charge in [-0.2, -0.15) is 12.7 Å². The number of halogens is 2. The van der Waals surface area contributed by atoms with Gasteiger partial charge in [0.2, 0.25) is 11.8 Å². The maximum Gasteiger partial charge on any atom is 0.304 e. The first-order valence-corrected chi connectivity index (χ1v) is 15.0. The highest BCUT2D eigenvalue weighted by molar-refractivity contribution is 7.90. The maximum absolute atomic E-state index is 14.2. The third-order valence-electron chi connectivity index (χ3n) is 6.65. The van der Waals surface area contributed by atoms with Crippen LogP contribution in [0.3, 0.4) is 0 Å². The van der Waals surface area contributed by atoms with Gasteiger partial charge in [0.1, 0.15) is 18.4 Å². The predicted octanol–water partition coefficient (Wildman–Crippen LogP) is 4.65. The van der Waals surface area contributed by atoms with E-state index in [0.717, 1.165) is 26.3 Å². The number of amides is 2. The van der Waals surface area contributed by atoms with Crippen molar-refractivity contribution < 1.29 is 22.4 Å². The summed E-state index contributed by atoms with van der Waals surface area (Å²) in [5, 5.41) is 3.44. The van der Waals surface area contributed by atoms with Gasteiger partial charge in [0, 0.05) is 38.1 Å². The van der Waals surface area contributed by atoms with Crippen LogP contribution < -0.4 is 9.62 Å². The molecular formula is C30H36ClFN4O4S. The Hall–Kier alpha value is -3.47. The van der Waals surface area contributed by atoms with Gasteiger partial charge in [-0.25, -0.2) is 8.70 Å². The van der Waals surface area contributed by atoms with Crippen LogP contribution in [0.25, 0.3) is 0 Å². The predicted molar refractivity (Wildman–Crippen MR) is 160 cm³/mol. The van der Waals surface area contributed by atoms with Crippen molar-refractivity contribution in [1.29, 1.82) is 0 Å². The van der Waals surface area contributed by atoms with Crippen molar-refractivity contribution in [2.45, 2.75) is 45.3 Å². The number of nitrogens with one attached hydrogen (secondary N) is 1. The summed E-state index contributed by atoms with van der Waals surface area (Å²) in [6, 6.07) is 20.0. The van der Waals surface area contributed by atoms with Crippen LogP contribution >= 0.6 is 11.6 Å². The molecule has 1 N–H and O–H groups in total. The summed E-state index contributed by atoms with van der Waals surface area (Å²) in [5.74, 6) is -1.52. The average molecular weight is 603 g/mol. The number of anilines is 1. The van der Waals surface area contributed by atoms with Crippen molar-refractivity contribution in [2.75, 3.05) is 24.9 Å². The number of hydrogen-bond donors (Lipinski definition) is 1. The number of hydrogen-bond acceptors (Lipinski definition) is 4. The van der Waals surface area contributed by atoms with Gasteiger partial charge in [0.15, 0.2) is 0 Å². The molecule has 11 heteroatoms. The minimum atomic E-state index is -4.17. The molecule has 2 atom stereocenters. The number of nitrogens with zero attached hydrogens (tertiary/aromatic N) is 3. The van der Waals surface area contributed by atoms with Crippen LogP contribution in [0.5, 0.6) is 0 Å². The highest BCUT2D eigenvalue weighted by atomic mass is 35.5. The van der Waals surface area contributed by atoms with Gasteiger partial charge in [0.05, 0.1) is 5.69 Å². The topological polar surface area (TPSA) is 90.0 Å². The van der Waals surface area contributed by atoms with Crippen molar-refractivity contribution in [3.05, 3.63) is 101 Å². The zero-order valence-electron chi connectivity index (χ0n) is 23.6. The molecule has 3 aromatic rings. The SMILES string of the molecule is CCC(C)NC(=O)C(Cc1ccccc1)N(Cc1cccc(Cl)c1)C(=O)CN(c1ccc(F)cc1)S(=O)(=O)N(C)C. The molecule has 8 nitrogen and oxygen atoms in total. The van der Waals surface area contributed by atoms with E-state index in [2.05, 4.69) is 5.32 Å². The minimum absolute atomic E-state index is 0.00406. The van der Waals surface area contributed by atoms with Crippen LogP contribution in [-0.2, 0) is 32.8 Å². The van der Waals surface area contributed by atoms with Gasteiger partial charge < -0.3 is 10.2 Å². The van der Waals surface area contributed by atoms with Crippen molar-refractivity contribution in [3.8, 4) is 0 Å². The molecule has 3 rings (SSSR count). The summed E-state index contributed by atoms with van der Waals surface area (Å²) in [6.45, 7) is 3.21. The Labute approximate surface area is 246 Å². The molecule has 0 saturated heterocycles. The quantitative estimate of drug-likeness (QED) is 0.308. The molecule has 220 valence electrons. The first-order valence-electron chi connectivity index (χ1n) is 13.3. The van der Waals surface area contributed by atoms with Crippen molar-refractivity contribution in [3.63, 3.8) is 0 Å². The van der Waals surface area contributed by atoms with Gasteiger partial charge in [-0.3, -0.25) is 9.59 Å². The first kappa shape index (κ1) is 32.0. The summed E-state index contributed by atoms with van der Waals surface area (Å²) >= 11 is 6.23. The smallest absolute Gasteiger partial charge is 0.304 e. The van der Waals surface area contributed by atoms with Gasteiger partial charge in [0.25, 0.3) is 0 Å². The Kier molecular flexibility index (Phi) is 11.3. The van der Waals surface area contributed by atoms with E-state index in [4.69, 9.17) is 11.6 Å². The lowest BCUT2D eigenvalue weighted by molar-refractivity contribution is -0.140. The molecule has 3 aromatic carbocycles. The van der Waals surface area contributed by atoms with Crippen LogP contribution in [0.4, 0.5) is 10.1 Å². The lowest BCUT2D eigenvalue weighted by atomic mass is 10.0. The van der Waals surface area contributed by atoms with Crippen LogP contribution in [-0.4, -0.2) is 62.2 Å². The molecular weight excluding hydrogens is 567 g/mol. The standard InChI is InChI=1S/C30H36ClFN4O4S/c1-5-22(2)33-30(38)28(19-23-10-7-6-8-11-23)35(20-24-12-9-13-25(31)18-24)29(37)21-36(41(39,40)34(3)4)27-16-14-26(32)15-17-27/h6-18,22,28H,5,19-21H2,1-4H3,(H,33,38). The van der Waals surface area contributed by atoms with Crippen molar-refractivity contribution in [1.82, 2.24) is 14.5 Å². The second-order valence-electron chi connectivity index (χ2n) is 9.95. The number of carbonyl (C=O) groups excluding carboxylic acids is 2. The van der Waals surface area contributed by atoms with Gasteiger partial charge in [-0.1, -0.05) is 61.0 Å². The lowest BCUT2D eigenvalue weighted by Crippen LogP contribution is -2.55. The number of benzene rings is 3. The minimum Gasteiger partial charge on any atom is -0.352 e. The van der Waals surface area contributed by atoms with Crippen LogP contribution in [0.15, 0.2) is 78.9 Å². The molecule has 0 aliphatic carbocycles. The van der Waals surface area contributed by atoms with Gasteiger partial charge >= 0.3 is 10.2 Å². The summed E-state index contributed by atoms with van der Waals surface area (Å²) in [6.07, 6.45) is 0.887. The summed E-state index contributed by atoms with van der Waals surface area (Å²) < 4.78 is 42.3. The third kappa shape index (κ3) is 8.76. The molecule has 41 heavy (non-hydrogen) atoms. The van der Waals surface area contributed by atoms with Crippen molar-refractivity contribution >= 4 is 39.3 Å². The van der Waals surface area contributed by atoms with E-state index in [1.165, 1.54) is 31.1 Å². The maximum atomic E-state index is 14.2. The van der Waals surface area contributed by atoms with E-state index in [1.807, 2.05) is 44.2 Å². The van der Waals surface area contributed by atoms with E-state index in [0.29, 0.717) is 17.0 Å². The molecule has 0 bridgehead atoms. The second kappa shape index (κ2) is 14.4. The lowest BCUT2D eigenvalue weighted by Gasteiger charge is -2.35. The Bertz CT molecular complexity index is 1420. The van der Waals surface area contributed by atoms with E-state index >= 15 is 0 Å². The Balaban J connectivity index is 2.09. The molecule has 0 aromatic heterocycles. The molecule has 0 spiro atoms. The monoisotopic (exact) mass is 602 g/mol. The van der Waals surface area contributed by atoms with Crippen molar-refractivity contribution in [2.24, 2.45) is 0 Å². The molecule has 2 unspecified atom stereocenters. The fourth-order valence-electron chi connectivity index (χ4n) is 4.15. The van der Waals surface area contributed by atoms with Crippen LogP contribution in [0.1, 0.15) is 31.4 Å². The Morgan fingerprint density at radius 3 is 2.17 bits per heavy atom. The second-order valence-corrected chi connectivity index (χ2v) is 12.5. The number of rotatable bonds is 13. The van der Waals surface area contributed by atoms with Gasteiger partial charge in [-0.05, 0) is 60.9 Å². The van der Waals surface area contributed by atoms with E-state index in [1.54, 1.807) is 24.3 Å². The summed E-state index contributed by atoms with van der Waals surface area (Å²) in [7, 11) is -1.48. The molecule has 0 aliphatic rings. The Morgan fingerprint density at radius 1 is 0.951 bits per heavy atom. The first-order chi connectivity index (χ1) is 19.4. The van der Waals surface area contributed by atoms with Crippen LogP contribution in [0.2, 0.25) is 5.02 Å². The normalized spacial score (nSPS) is 13.0. The molecule has 0 fully saturated rings. The molecule has 2 amide bonds. The fourth-order valence-corrected chi connectivity index (χ4v) is 5.42. The van der Waals surface area contributed by atoms with Gasteiger partial charge in [-0.15, -0.1) is 0 Å². The third-order valence-corrected chi connectivity index (χ3v) is 8.70.